The van der Waals surface area contributed by atoms with Gasteiger partial charge in [-0.05, 0) is 0 Å². The monoisotopic (exact) mass is 342 g/mol. The lowest BCUT2D eigenvalue weighted by molar-refractivity contribution is -0.141. The molecule has 0 bridgehead atoms. The van der Waals surface area contributed by atoms with Gasteiger partial charge in [0.05, 0.1) is 25.0 Å². The molecule has 1 rings (SSSR count). The highest BCUT2D eigenvalue weighted by Gasteiger charge is 2.27. The van der Waals surface area contributed by atoms with Crippen molar-refractivity contribution in [2.45, 2.75) is 6.42 Å². The molecule has 0 N–H and O–H groups in total. The zero-order chi connectivity index (χ0) is 16.1. The number of sulfone groups is 1. The minimum absolute atomic E-state index is 0.275. The third-order valence-corrected chi connectivity index (χ3v) is 6.37. The van der Waals surface area contributed by atoms with Crippen molar-refractivity contribution < 1.29 is 26.4 Å². The van der Waals surface area contributed by atoms with E-state index in [9.17, 15) is 21.6 Å². The van der Waals surface area contributed by atoms with E-state index in [0.29, 0.717) is 32.7 Å². The van der Waals surface area contributed by atoms with E-state index in [2.05, 4.69) is 4.74 Å². The Labute approximate surface area is 126 Å². The van der Waals surface area contributed by atoms with Crippen LogP contribution in [0.2, 0.25) is 0 Å². The number of sulfonamides is 1. The van der Waals surface area contributed by atoms with Gasteiger partial charge in [0.25, 0.3) is 0 Å². The van der Waals surface area contributed by atoms with Crippen molar-refractivity contribution in [1.82, 2.24) is 9.21 Å². The fourth-order valence-electron chi connectivity index (χ4n) is 1.97. The molecule has 1 saturated heterocycles. The van der Waals surface area contributed by atoms with Crippen LogP contribution in [-0.2, 0) is 29.4 Å². The number of carbonyl (C=O) groups is 1. The Morgan fingerprint density at radius 3 is 2.10 bits per heavy atom. The Kier molecular flexibility index (Phi) is 6.57. The molecule has 0 amide bonds. The van der Waals surface area contributed by atoms with Crippen molar-refractivity contribution in [3.8, 4) is 0 Å². The molecule has 21 heavy (non-hydrogen) atoms. The van der Waals surface area contributed by atoms with Crippen molar-refractivity contribution in [2.24, 2.45) is 0 Å². The zero-order valence-corrected chi connectivity index (χ0v) is 14.0. The average Bonchev–Trinajstić information content (AvgIpc) is 2.42. The molecule has 0 saturated carbocycles. The summed E-state index contributed by atoms with van der Waals surface area (Å²) in [6.45, 7) is 2.20. The van der Waals surface area contributed by atoms with Crippen LogP contribution >= 0.6 is 0 Å². The first-order valence-electron chi connectivity index (χ1n) is 6.59. The summed E-state index contributed by atoms with van der Waals surface area (Å²) in [6.07, 6.45) is 1.30. The van der Waals surface area contributed by atoms with Crippen LogP contribution in [0.1, 0.15) is 6.42 Å². The lowest BCUT2D eigenvalue weighted by atomic mass is 10.3. The van der Waals surface area contributed by atoms with Crippen LogP contribution in [-0.4, -0.2) is 89.6 Å². The summed E-state index contributed by atoms with van der Waals surface area (Å²) in [4.78, 5) is 13.0. The minimum Gasteiger partial charge on any atom is -0.469 e. The van der Waals surface area contributed by atoms with Gasteiger partial charge >= 0.3 is 5.97 Å². The molecule has 0 aliphatic carbocycles. The maximum Gasteiger partial charge on any atom is 0.306 e. The summed E-state index contributed by atoms with van der Waals surface area (Å²) in [6, 6.07) is 0. The molecule has 0 atom stereocenters. The molecule has 0 aromatic rings. The Bertz CT molecular complexity index is 549. The fourth-order valence-corrected chi connectivity index (χ4v) is 5.00. The molecule has 1 heterocycles. The van der Waals surface area contributed by atoms with Gasteiger partial charge in [-0.3, -0.25) is 4.79 Å². The zero-order valence-electron chi connectivity index (χ0n) is 12.3. The molecule has 0 radical (unpaired) electrons. The van der Waals surface area contributed by atoms with Crippen molar-refractivity contribution >= 4 is 25.8 Å². The van der Waals surface area contributed by atoms with Crippen molar-refractivity contribution in [2.75, 3.05) is 57.6 Å². The van der Waals surface area contributed by atoms with E-state index in [1.165, 1.54) is 11.4 Å². The number of ether oxygens (including phenoxy) is 1. The summed E-state index contributed by atoms with van der Waals surface area (Å²) in [5, 5.41) is 0. The summed E-state index contributed by atoms with van der Waals surface area (Å²) in [5.41, 5.74) is 0. The van der Waals surface area contributed by atoms with Gasteiger partial charge in [0.15, 0.2) is 0 Å². The van der Waals surface area contributed by atoms with Gasteiger partial charge in [-0.25, -0.2) is 16.8 Å². The number of hydrogen-bond acceptors (Lipinski definition) is 7. The number of hydrogen-bond donors (Lipinski definition) is 0. The lowest BCUT2D eigenvalue weighted by Crippen LogP contribution is -2.50. The van der Waals surface area contributed by atoms with Crippen LogP contribution in [0.25, 0.3) is 0 Å². The van der Waals surface area contributed by atoms with Crippen LogP contribution in [0.15, 0.2) is 0 Å². The molecular weight excluding hydrogens is 320 g/mol. The minimum atomic E-state index is -3.54. The highest BCUT2D eigenvalue weighted by Crippen LogP contribution is 2.09. The van der Waals surface area contributed by atoms with E-state index in [1.807, 2.05) is 4.90 Å². The number of rotatable bonds is 7. The summed E-state index contributed by atoms with van der Waals surface area (Å²) < 4.78 is 52.0. The largest absolute Gasteiger partial charge is 0.469 e. The molecule has 10 heteroatoms. The van der Waals surface area contributed by atoms with Crippen LogP contribution < -0.4 is 0 Å². The van der Waals surface area contributed by atoms with E-state index in [-0.39, 0.29) is 23.9 Å². The summed E-state index contributed by atoms with van der Waals surface area (Å²) in [7, 11) is -5.51. The summed E-state index contributed by atoms with van der Waals surface area (Å²) >= 11 is 0. The third kappa shape index (κ3) is 6.72. The number of esters is 1. The molecule has 0 unspecified atom stereocenters. The summed E-state index contributed by atoms with van der Waals surface area (Å²) in [5.74, 6) is -1.04. The van der Waals surface area contributed by atoms with Crippen molar-refractivity contribution in [3.05, 3.63) is 0 Å². The molecular formula is C11H22N2O6S2. The van der Waals surface area contributed by atoms with Gasteiger partial charge in [0.2, 0.25) is 10.0 Å². The third-order valence-electron chi connectivity index (χ3n) is 3.30. The molecule has 0 spiro atoms. The standard InChI is InChI=1S/C11H22N2O6S2/c1-19-11(14)3-4-12-5-7-13(8-6-12)21(17,18)10-9-20(2,15)16/h3-10H2,1-2H3. The molecule has 1 aliphatic heterocycles. The maximum absolute atomic E-state index is 12.0. The van der Waals surface area contributed by atoms with Crippen LogP contribution in [0.4, 0.5) is 0 Å². The van der Waals surface area contributed by atoms with E-state index in [4.69, 9.17) is 0 Å². The molecule has 1 aliphatic rings. The van der Waals surface area contributed by atoms with E-state index >= 15 is 0 Å². The van der Waals surface area contributed by atoms with Gasteiger partial charge < -0.3 is 9.64 Å². The van der Waals surface area contributed by atoms with Crippen molar-refractivity contribution in [3.63, 3.8) is 0 Å². The van der Waals surface area contributed by atoms with Gasteiger partial charge in [0, 0.05) is 39.0 Å². The molecule has 124 valence electrons. The van der Waals surface area contributed by atoms with Gasteiger partial charge in [-0.2, -0.15) is 4.31 Å². The van der Waals surface area contributed by atoms with Gasteiger partial charge in [-0.1, -0.05) is 0 Å². The number of methoxy groups -OCH3 is 1. The first-order valence-corrected chi connectivity index (χ1v) is 10.3. The second kappa shape index (κ2) is 7.52. The predicted octanol–water partition coefficient (Wildman–Crippen LogP) is -1.46. The quantitative estimate of drug-likeness (QED) is 0.521. The first-order chi connectivity index (χ1) is 9.64. The van der Waals surface area contributed by atoms with E-state index in [1.54, 1.807) is 0 Å². The second-order valence-electron chi connectivity index (χ2n) is 5.01. The molecule has 8 nitrogen and oxygen atoms in total. The topological polar surface area (TPSA) is 101 Å². The lowest BCUT2D eigenvalue weighted by Gasteiger charge is -2.33. The number of nitrogens with zero attached hydrogens (tertiary/aromatic N) is 2. The van der Waals surface area contributed by atoms with E-state index in [0.717, 1.165) is 6.26 Å². The SMILES string of the molecule is COC(=O)CCN1CCN(S(=O)(=O)CCS(C)(=O)=O)CC1. The van der Waals surface area contributed by atoms with Crippen molar-refractivity contribution in [1.29, 1.82) is 0 Å². The first kappa shape index (κ1) is 18.3. The number of piperazine rings is 1. The van der Waals surface area contributed by atoms with Crippen LogP contribution in [0.3, 0.4) is 0 Å². The van der Waals surface area contributed by atoms with Crippen LogP contribution in [0.5, 0.6) is 0 Å². The normalized spacial score (nSPS) is 18.6. The van der Waals surface area contributed by atoms with Gasteiger partial charge in [-0.15, -0.1) is 0 Å². The fraction of sp³-hybridized carbons (Fsp3) is 0.909. The molecule has 0 aromatic heterocycles. The number of carbonyl (C=O) groups excluding carboxylic acids is 1. The maximum atomic E-state index is 12.0. The Morgan fingerprint density at radius 1 is 1.05 bits per heavy atom. The Balaban J connectivity index is 2.43. The van der Waals surface area contributed by atoms with Gasteiger partial charge in [0.1, 0.15) is 9.84 Å². The highest BCUT2D eigenvalue weighted by molar-refractivity contribution is 7.93. The van der Waals surface area contributed by atoms with Crippen LogP contribution in [0, 0.1) is 0 Å². The predicted molar refractivity (Wildman–Crippen MR) is 78.1 cm³/mol. The average molecular weight is 342 g/mol. The van der Waals surface area contributed by atoms with E-state index < -0.39 is 19.9 Å². The Morgan fingerprint density at radius 2 is 1.62 bits per heavy atom. The molecule has 0 aromatic carbocycles. The highest BCUT2D eigenvalue weighted by atomic mass is 32.2. The smallest absolute Gasteiger partial charge is 0.306 e. The molecule has 1 fully saturated rings. The second-order valence-corrected chi connectivity index (χ2v) is 9.36. The Hall–Kier alpha value is -0.710.